The van der Waals surface area contributed by atoms with Crippen molar-refractivity contribution in [1.82, 2.24) is 0 Å². The highest BCUT2D eigenvalue weighted by Crippen LogP contribution is 2.36. The highest BCUT2D eigenvalue weighted by atomic mass is 19.1. The fourth-order valence-electron chi connectivity index (χ4n) is 2.16. The first-order valence-electron chi connectivity index (χ1n) is 5.82. The lowest BCUT2D eigenvalue weighted by Crippen LogP contribution is -2.16. The van der Waals surface area contributed by atoms with Crippen LogP contribution in [0.1, 0.15) is 37.4 Å². The molecule has 0 saturated heterocycles. The minimum Gasteiger partial charge on any atom is -0.497 e. The van der Waals surface area contributed by atoms with Gasteiger partial charge in [0, 0.05) is 12.1 Å². The van der Waals surface area contributed by atoms with E-state index in [1.54, 1.807) is 0 Å². The summed E-state index contributed by atoms with van der Waals surface area (Å²) in [7, 11) is 1.35. The van der Waals surface area contributed by atoms with E-state index in [9.17, 15) is 13.9 Å². The van der Waals surface area contributed by atoms with E-state index in [0.29, 0.717) is 12.3 Å². The lowest BCUT2D eigenvalue weighted by molar-refractivity contribution is 0.111. The van der Waals surface area contributed by atoms with Gasteiger partial charge < -0.3 is 9.84 Å². The number of ether oxygens (including phenoxy) is 1. The third-order valence-corrected chi connectivity index (χ3v) is 3.40. The minimum absolute atomic E-state index is 0.125. The van der Waals surface area contributed by atoms with Crippen LogP contribution in [-0.4, -0.2) is 12.2 Å². The zero-order chi connectivity index (χ0) is 12.4. The molecule has 0 aliphatic heterocycles. The quantitative estimate of drug-likeness (QED) is 0.878. The number of aliphatic hydroxyl groups excluding tert-OH is 1. The molecule has 0 amide bonds. The molecule has 0 aromatic heterocycles. The van der Waals surface area contributed by atoms with Crippen LogP contribution in [0.2, 0.25) is 0 Å². The Bertz CT molecular complexity index is 379. The van der Waals surface area contributed by atoms with Gasteiger partial charge in [-0.25, -0.2) is 8.78 Å². The van der Waals surface area contributed by atoms with Gasteiger partial charge in [-0.05, 0) is 12.3 Å². The van der Waals surface area contributed by atoms with Crippen LogP contribution in [0.5, 0.6) is 5.75 Å². The number of hydrogen-bond donors (Lipinski definition) is 1. The van der Waals surface area contributed by atoms with Crippen LogP contribution in [0.15, 0.2) is 12.1 Å². The maximum atomic E-state index is 13.6. The van der Waals surface area contributed by atoms with E-state index in [1.807, 2.05) is 0 Å². The predicted molar refractivity (Wildman–Crippen MR) is 59.8 cm³/mol. The van der Waals surface area contributed by atoms with Crippen LogP contribution in [0.3, 0.4) is 0 Å². The van der Waals surface area contributed by atoms with Crippen molar-refractivity contribution in [1.29, 1.82) is 0 Å². The zero-order valence-electron chi connectivity index (χ0n) is 9.75. The highest BCUT2D eigenvalue weighted by molar-refractivity contribution is 5.31. The van der Waals surface area contributed by atoms with Crippen molar-refractivity contribution in [3.63, 3.8) is 0 Å². The summed E-state index contributed by atoms with van der Waals surface area (Å²) in [6.07, 6.45) is 2.59. The largest absolute Gasteiger partial charge is 0.497 e. The average molecular weight is 242 g/mol. The smallest absolute Gasteiger partial charge is 0.135 e. The molecule has 0 heterocycles. The van der Waals surface area contributed by atoms with Crippen molar-refractivity contribution >= 4 is 0 Å². The van der Waals surface area contributed by atoms with Crippen molar-refractivity contribution < 1.29 is 18.6 Å². The molecule has 0 bridgehead atoms. The summed E-state index contributed by atoms with van der Waals surface area (Å²) in [5.41, 5.74) is -0.238. The predicted octanol–water partition coefficient (Wildman–Crippen LogP) is 3.20. The summed E-state index contributed by atoms with van der Waals surface area (Å²) in [6.45, 7) is 0. The summed E-state index contributed by atoms with van der Waals surface area (Å²) < 4.78 is 32.0. The van der Waals surface area contributed by atoms with Gasteiger partial charge in [0.2, 0.25) is 0 Å². The number of halogens is 2. The molecule has 1 aliphatic rings. The van der Waals surface area contributed by atoms with Gasteiger partial charge in [-0.3, -0.25) is 0 Å². The standard InChI is InChI=1S/C13H16F2O2/c1-17-9-6-10(14)13(11(15)7-9)12(16)5-8-3-2-4-8/h6-8,12,16H,2-5H2,1H3. The zero-order valence-corrected chi connectivity index (χ0v) is 9.75. The molecule has 0 radical (unpaired) electrons. The third-order valence-electron chi connectivity index (χ3n) is 3.40. The average Bonchev–Trinajstić information content (AvgIpc) is 2.22. The van der Waals surface area contributed by atoms with Gasteiger partial charge in [-0.15, -0.1) is 0 Å². The van der Waals surface area contributed by atoms with Gasteiger partial charge >= 0.3 is 0 Å². The van der Waals surface area contributed by atoms with Gasteiger partial charge in [-0.1, -0.05) is 19.3 Å². The van der Waals surface area contributed by atoms with E-state index in [-0.39, 0.29) is 11.3 Å². The topological polar surface area (TPSA) is 29.5 Å². The number of methoxy groups -OCH3 is 1. The molecule has 1 aromatic rings. The van der Waals surface area contributed by atoms with Crippen LogP contribution in [0.4, 0.5) is 8.78 Å². The second-order valence-corrected chi connectivity index (χ2v) is 4.55. The van der Waals surface area contributed by atoms with Crippen LogP contribution in [-0.2, 0) is 0 Å². The summed E-state index contributed by atoms with van der Waals surface area (Å²) in [5.74, 6) is -0.965. The number of hydrogen-bond acceptors (Lipinski definition) is 2. The molecule has 1 saturated carbocycles. The van der Waals surface area contributed by atoms with Crippen molar-refractivity contribution in [3.05, 3.63) is 29.3 Å². The second kappa shape index (κ2) is 5.00. The Balaban J connectivity index is 2.18. The molecular formula is C13H16F2O2. The van der Waals surface area contributed by atoms with Gasteiger partial charge in [0.25, 0.3) is 0 Å². The molecule has 4 heteroatoms. The molecular weight excluding hydrogens is 226 g/mol. The van der Waals surface area contributed by atoms with E-state index in [1.165, 1.54) is 7.11 Å². The molecule has 1 aromatic carbocycles. The van der Waals surface area contributed by atoms with Crippen molar-refractivity contribution in [3.8, 4) is 5.75 Å². The van der Waals surface area contributed by atoms with E-state index in [0.717, 1.165) is 31.4 Å². The molecule has 1 aliphatic carbocycles. The Morgan fingerprint density at radius 1 is 1.35 bits per heavy atom. The molecule has 1 fully saturated rings. The minimum atomic E-state index is -1.06. The van der Waals surface area contributed by atoms with Gasteiger partial charge in [0.15, 0.2) is 0 Å². The first-order valence-corrected chi connectivity index (χ1v) is 5.82. The molecule has 1 atom stereocenters. The Kier molecular flexibility index (Phi) is 3.62. The van der Waals surface area contributed by atoms with Gasteiger partial charge in [-0.2, -0.15) is 0 Å². The number of aliphatic hydroxyl groups is 1. The van der Waals surface area contributed by atoms with E-state index in [4.69, 9.17) is 4.74 Å². The van der Waals surface area contributed by atoms with E-state index >= 15 is 0 Å². The molecule has 94 valence electrons. The normalized spacial score (nSPS) is 17.6. The second-order valence-electron chi connectivity index (χ2n) is 4.55. The van der Waals surface area contributed by atoms with E-state index in [2.05, 4.69) is 0 Å². The summed E-state index contributed by atoms with van der Waals surface area (Å²) in [5, 5.41) is 9.86. The highest BCUT2D eigenvalue weighted by Gasteiger charge is 2.26. The summed E-state index contributed by atoms with van der Waals surface area (Å²) in [6, 6.07) is 2.20. The summed E-state index contributed by atoms with van der Waals surface area (Å²) >= 11 is 0. The Morgan fingerprint density at radius 2 is 1.94 bits per heavy atom. The molecule has 0 spiro atoms. The van der Waals surface area contributed by atoms with Crippen LogP contribution in [0.25, 0.3) is 0 Å². The maximum Gasteiger partial charge on any atom is 0.135 e. The molecule has 2 rings (SSSR count). The van der Waals surface area contributed by atoms with Gasteiger partial charge in [0.05, 0.1) is 18.8 Å². The number of rotatable bonds is 4. The maximum absolute atomic E-state index is 13.6. The fourth-order valence-corrected chi connectivity index (χ4v) is 2.16. The first-order chi connectivity index (χ1) is 8.11. The Hall–Kier alpha value is -1.16. The third kappa shape index (κ3) is 2.57. The molecule has 17 heavy (non-hydrogen) atoms. The van der Waals surface area contributed by atoms with Crippen LogP contribution in [0, 0.1) is 17.6 Å². The fraction of sp³-hybridized carbons (Fsp3) is 0.538. The van der Waals surface area contributed by atoms with Crippen molar-refractivity contribution in [2.24, 2.45) is 5.92 Å². The van der Waals surface area contributed by atoms with E-state index < -0.39 is 17.7 Å². The Labute approximate surface area is 99.2 Å². The molecule has 1 N–H and O–H groups in total. The SMILES string of the molecule is COc1cc(F)c(C(O)CC2CCC2)c(F)c1. The monoisotopic (exact) mass is 242 g/mol. The van der Waals surface area contributed by atoms with Crippen LogP contribution >= 0.6 is 0 Å². The molecule has 2 nitrogen and oxygen atoms in total. The first kappa shape index (κ1) is 12.3. The lowest BCUT2D eigenvalue weighted by Gasteiger charge is -2.27. The Morgan fingerprint density at radius 3 is 2.35 bits per heavy atom. The summed E-state index contributed by atoms with van der Waals surface area (Å²) in [4.78, 5) is 0. The van der Waals surface area contributed by atoms with Crippen molar-refractivity contribution in [2.45, 2.75) is 31.8 Å². The number of benzene rings is 1. The van der Waals surface area contributed by atoms with Crippen molar-refractivity contribution in [2.75, 3.05) is 7.11 Å². The van der Waals surface area contributed by atoms with Gasteiger partial charge in [0.1, 0.15) is 17.4 Å². The lowest BCUT2D eigenvalue weighted by atomic mass is 9.80. The molecule has 1 unspecified atom stereocenters. The van der Waals surface area contributed by atoms with Crippen LogP contribution < -0.4 is 4.74 Å².